The molecule has 6 rings (SSSR count). The van der Waals surface area contributed by atoms with Crippen LogP contribution in [0.1, 0.15) is 18.1 Å². The maximum atomic E-state index is 14.5. The van der Waals surface area contributed by atoms with Gasteiger partial charge in [-0.25, -0.2) is 4.79 Å². The van der Waals surface area contributed by atoms with Crippen LogP contribution >= 0.6 is 0 Å². The van der Waals surface area contributed by atoms with Gasteiger partial charge in [0.05, 0.1) is 96.1 Å². The van der Waals surface area contributed by atoms with E-state index >= 15 is 0 Å². The standard InChI is InChI=1S/C64H84N14O18/c1-40(79)67(3)28-52(80)69(5)30-54(82)71(7)32-56(84)73(9)34-58(86)75(11)36-60(88)77(13)37-61(89)76(12)35-59(87)74(10)33-57(85)72(8)31-55(83)70(6)29-53(81)68(4)27-41-18-16-17-19-42(41)38-94-64(91)66(2)20-21-78-62-45-24-50-51(96-39-95-50)25-47(45)65-26-46(62)43-22-48(92-14)49(93-15)23-44(43)63(78)90/h16-19,22-26H,20-21,27-39H2,1-15H3. The molecule has 5 aromatic rings. The van der Waals surface area contributed by atoms with Gasteiger partial charge in [0.15, 0.2) is 23.0 Å². The lowest BCUT2D eigenvalue weighted by molar-refractivity contribution is -0.146. The fourth-order valence-electron chi connectivity index (χ4n) is 9.72. The van der Waals surface area contributed by atoms with E-state index in [0.717, 1.165) is 44.1 Å². The van der Waals surface area contributed by atoms with Gasteiger partial charge in [-0.05, 0) is 29.3 Å². The Balaban J connectivity index is 0.917. The molecule has 0 aliphatic carbocycles. The summed E-state index contributed by atoms with van der Waals surface area (Å²) in [6.45, 7) is -2.86. The van der Waals surface area contributed by atoms with Crippen molar-refractivity contribution in [1.82, 2.24) is 68.3 Å². The molecule has 518 valence electrons. The third kappa shape index (κ3) is 18.7. The number of benzene rings is 3. The zero-order valence-electron chi connectivity index (χ0n) is 56.9. The fraction of sp³-hybridized carbons (Fsp3) is 0.469. The Morgan fingerprint density at radius 3 is 1.21 bits per heavy atom. The van der Waals surface area contributed by atoms with Gasteiger partial charge in [-0.1, -0.05) is 24.3 Å². The van der Waals surface area contributed by atoms with Gasteiger partial charge in [-0.3, -0.25) is 62.5 Å². The quantitative estimate of drug-likeness (QED) is 0.0533. The largest absolute Gasteiger partial charge is 0.493 e. The molecule has 3 aromatic carbocycles. The number of aromatic nitrogens is 2. The van der Waals surface area contributed by atoms with E-state index in [0.29, 0.717) is 66.7 Å². The highest BCUT2D eigenvalue weighted by atomic mass is 16.7. The Kier molecular flexibility index (Phi) is 25.4. The molecule has 32 nitrogen and oxygen atoms in total. The van der Waals surface area contributed by atoms with E-state index in [4.69, 9.17) is 28.7 Å². The highest BCUT2D eigenvalue weighted by Gasteiger charge is 2.29. The van der Waals surface area contributed by atoms with Gasteiger partial charge in [0, 0.05) is 140 Å². The molecule has 0 bridgehead atoms. The number of carbonyl (C=O) groups excluding carboxylic acids is 12. The second-order valence-corrected chi connectivity index (χ2v) is 23.6. The summed E-state index contributed by atoms with van der Waals surface area (Å²) in [5.74, 6) is -4.43. The number of amides is 12. The molecular formula is C64H84N14O18. The van der Waals surface area contributed by atoms with Crippen LogP contribution in [0.4, 0.5) is 4.79 Å². The number of carbonyl (C=O) groups is 12. The molecule has 3 heterocycles. The van der Waals surface area contributed by atoms with Crippen LogP contribution in [-0.2, 0) is 77.2 Å². The van der Waals surface area contributed by atoms with Crippen LogP contribution in [0.25, 0.3) is 32.6 Å². The number of pyridine rings is 2. The first kappa shape index (κ1) is 74.2. The zero-order chi connectivity index (χ0) is 71.2. The van der Waals surface area contributed by atoms with Crippen molar-refractivity contribution in [3.63, 3.8) is 0 Å². The number of nitrogens with zero attached hydrogens (tertiary/aromatic N) is 14. The normalized spacial score (nSPS) is 11.3. The number of hydrogen-bond donors (Lipinski definition) is 0. The van der Waals surface area contributed by atoms with E-state index in [1.807, 2.05) is 0 Å². The lowest BCUT2D eigenvalue weighted by atomic mass is 10.0. The van der Waals surface area contributed by atoms with Gasteiger partial charge in [0.2, 0.25) is 71.8 Å². The molecule has 0 N–H and O–H groups in total. The molecule has 12 amide bonds. The van der Waals surface area contributed by atoms with Gasteiger partial charge in [0.1, 0.15) is 6.61 Å². The average Bonchev–Trinajstić information content (AvgIpc) is 0.911. The van der Waals surface area contributed by atoms with Gasteiger partial charge in [0.25, 0.3) is 5.56 Å². The molecule has 1 aliphatic rings. The van der Waals surface area contributed by atoms with Crippen molar-refractivity contribution >= 4 is 104 Å². The summed E-state index contributed by atoms with van der Waals surface area (Å²) in [5, 5.41) is 2.21. The molecule has 0 fully saturated rings. The predicted molar refractivity (Wildman–Crippen MR) is 348 cm³/mol. The van der Waals surface area contributed by atoms with Crippen LogP contribution in [-0.4, -0.2) is 317 Å². The average molecular weight is 1340 g/mol. The molecule has 0 spiro atoms. The van der Waals surface area contributed by atoms with Crippen LogP contribution in [0.15, 0.2) is 59.5 Å². The second-order valence-electron chi connectivity index (χ2n) is 23.6. The van der Waals surface area contributed by atoms with Crippen molar-refractivity contribution < 1.29 is 81.2 Å². The summed E-state index contributed by atoms with van der Waals surface area (Å²) in [4.78, 5) is 188. The van der Waals surface area contributed by atoms with E-state index < -0.39 is 111 Å². The van der Waals surface area contributed by atoms with Gasteiger partial charge >= 0.3 is 6.09 Å². The summed E-state index contributed by atoms with van der Waals surface area (Å²) in [5.41, 5.74) is 2.03. The Hall–Kier alpha value is -10.8. The zero-order valence-corrected chi connectivity index (χ0v) is 56.9. The number of likely N-dealkylation sites (N-methyl/N-ethyl adjacent to an activating group) is 12. The first-order chi connectivity index (χ1) is 45.2. The number of hydrogen-bond acceptors (Lipinski definition) is 19. The van der Waals surface area contributed by atoms with Crippen molar-refractivity contribution in [2.45, 2.75) is 26.6 Å². The van der Waals surface area contributed by atoms with Crippen molar-refractivity contribution in [3.05, 3.63) is 76.2 Å². The maximum absolute atomic E-state index is 14.5. The molecule has 1 aliphatic heterocycles. The SMILES string of the molecule is COc1cc2c(=O)n(CCN(C)C(=O)OCc3ccccc3CN(C)C(=O)CN(C)C(=O)CN(C)C(=O)CN(C)C(=O)CN(C)C(=O)CN(C)C(=O)CN(C)C(=O)CN(C)C(=O)CN(C)C(=O)CN(C)C(=O)CN(C)C(C)=O)c3c4cc5c(cc4ncc3c2cc1OC)OCO5. The number of rotatable bonds is 29. The predicted octanol–water partition coefficient (Wildman–Crippen LogP) is -0.720. The molecule has 0 radical (unpaired) electrons. The van der Waals surface area contributed by atoms with Gasteiger partial charge in [-0.2, -0.15) is 0 Å². The van der Waals surface area contributed by atoms with Crippen LogP contribution in [0.5, 0.6) is 23.0 Å². The van der Waals surface area contributed by atoms with Crippen LogP contribution < -0.4 is 24.5 Å². The summed E-state index contributed by atoms with van der Waals surface area (Å²) in [6, 6.07) is 13.9. The van der Waals surface area contributed by atoms with Crippen LogP contribution in [0.3, 0.4) is 0 Å². The summed E-state index contributed by atoms with van der Waals surface area (Å²) in [7, 11) is 19.6. The Bertz CT molecular complexity index is 3900. The first-order valence-electron chi connectivity index (χ1n) is 30.1. The van der Waals surface area contributed by atoms with Crippen molar-refractivity contribution in [2.75, 3.05) is 178 Å². The van der Waals surface area contributed by atoms with Crippen molar-refractivity contribution in [1.29, 1.82) is 0 Å². The molecule has 0 unspecified atom stereocenters. The minimum absolute atomic E-state index is 0.0341. The molecule has 0 saturated carbocycles. The second kappa shape index (κ2) is 32.8. The number of methoxy groups -OCH3 is 2. The highest BCUT2D eigenvalue weighted by Crippen LogP contribution is 2.40. The van der Waals surface area contributed by atoms with E-state index in [9.17, 15) is 62.3 Å². The van der Waals surface area contributed by atoms with E-state index in [1.54, 1.807) is 73.4 Å². The van der Waals surface area contributed by atoms with Crippen LogP contribution in [0.2, 0.25) is 0 Å². The number of ether oxygens (including phenoxy) is 5. The minimum Gasteiger partial charge on any atom is -0.493 e. The van der Waals surface area contributed by atoms with Crippen LogP contribution in [0, 0.1) is 0 Å². The molecule has 2 aromatic heterocycles. The molecular weight excluding hydrogens is 1250 g/mol. The maximum Gasteiger partial charge on any atom is 0.409 e. The molecule has 96 heavy (non-hydrogen) atoms. The Morgan fingerprint density at radius 2 is 0.812 bits per heavy atom. The minimum atomic E-state index is -0.681. The smallest absolute Gasteiger partial charge is 0.409 e. The van der Waals surface area contributed by atoms with Gasteiger partial charge in [-0.15, -0.1) is 0 Å². The molecule has 0 saturated heterocycles. The third-order valence-corrected chi connectivity index (χ3v) is 16.3. The van der Waals surface area contributed by atoms with Crippen molar-refractivity contribution in [2.24, 2.45) is 0 Å². The lowest BCUT2D eigenvalue weighted by Crippen LogP contribution is -2.49. The summed E-state index contributed by atoms with van der Waals surface area (Å²) < 4.78 is 29.8. The summed E-state index contributed by atoms with van der Waals surface area (Å²) >= 11 is 0. The van der Waals surface area contributed by atoms with Crippen molar-refractivity contribution in [3.8, 4) is 23.0 Å². The number of fused-ring (bicyclic) bond motifs is 6. The monoisotopic (exact) mass is 1340 g/mol. The third-order valence-electron chi connectivity index (χ3n) is 16.3. The first-order valence-corrected chi connectivity index (χ1v) is 30.1. The van der Waals surface area contributed by atoms with E-state index in [1.165, 1.54) is 106 Å². The Labute approximate surface area is 554 Å². The van der Waals surface area contributed by atoms with E-state index in [2.05, 4.69) is 0 Å². The lowest BCUT2D eigenvalue weighted by Gasteiger charge is -2.27. The Morgan fingerprint density at radius 1 is 0.448 bits per heavy atom. The topological polar surface area (TPSA) is 325 Å². The highest BCUT2D eigenvalue weighted by molar-refractivity contribution is 6.15. The molecule has 32 heteroatoms. The fourth-order valence-corrected chi connectivity index (χ4v) is 9.72. The van der Waals surface area contributed by atoms with E-state index in [-0.39, 0.29) is 64.1 Å². The molecule has 0 atom stereocenters. The summed E-state index contributed by atoms with van der Waals surface area (Å²) in [6.07, 6.45) is 0.997. The van der Waals surface area contributed by atoms with Gasteiger partial charge < -0.3 is 87.1 Å².